The van der Waals surface area contributed by atoms with E-state index in [2.05, 4.69) is 0 Å². The van der Waals surface area contributed by atoms with Crippen LogP contribution >= 0.6 is 0 Å². The molecule has 1 aromatic carbocycles. The van der Waals surface area contributed by atoms with Gasteiger partial charge in [0.25, 0.3) is 0 Å². The molecule has 0 aromatic heterocycles. The molecule has 0 bridgehead atoms. The molecule has 1 N–H and O–H groups in total. The third-order valence-corrected chi connectivity index (χ3v) is 2.43. The highest BCUT2D eigenvalue weighted by atomic mass is 16.5. The summed E-state index contributed by atoms with van der Waals surface area (Å²) in [6.07, 6.45) is 0. The van der Waals surface area contributed by atoms with Crippen LogP contribution in [0.2, 0.25) is 0 Å². The monoisotopic (exact) mass is 234 g/mol. The average Bonchev–Trinajstić information content (AvgIpc) is 2.57. The van der Waals surface area contributed by atoms with Crippen LogP contribution in [0.4, 0.5) is 4.79 Å². The smallest absolute Gasteiger partial charge is 0.331 e. The number of urea groups is 1. The molecule has 1 aliphatic rings. The van der Waals surface area contributed by atoms with E-state index in [9.17, 15) is 14.4 Å². The van der Waals surface area contributed by atoms with Gasteiger partial charge in [0, 0.05) is 5.56 Å². The molecule has 4 amide bonds. The second kappa shape index (κ2) is 4.25. The molecule has 0 spiro atoms. The van der Waals surface area contributed by atoms with Crippen LogP contribution in [0.3, 0.4) is 0 Å². The van der Waals surface area contributed by atoms with Crippen LogP contribution < -0.4 is 10.1 Å². The molecule has 88 valence electrons. The number of nitrogens with zero attached hydrogens (tertiary/aromatic N) is 1. The van der Waals surface area contributed by atoms with Gasteiger partial charge in [0.1, 0.15) is 5.75 Å². The fourth-order valence-corrected chi connectivity index (χ4v) is 1.58. The Balaban J connectivity index is 2.24. The van der Waals surface area contributed by atoms with Crippen molar-refractivity contribution in [2.24, 2.45) is 0 Å². The molecule has 0 unspecified atom stereocenters. The van der Waals surface area contributed by atoms with E-state index >= 15 is 0 Å². The molecule has 0 saturated carbocycles. The summed E-state index contributed by atoms with van der Waals surface area (Å²) >= 11 is 0. The zero-order valence-electron chi connectivity index (χ0n) is 9.10. The Kier molecular flexibility index (Phi) is 2.78. The lowest BCUT2D eigenvalue weighted by Crippen LogP contribution is -2.30. The maximum atomic E-state index is 11.4. The highest BCUT2D eigenvalue weighted by Crippen LogP contribution is 2.20. The average molecular weight is 234 g/mol. The molecule has 1 aromatic rings. The van der Waals surface area contributed by atoms with Crippen LogP contribution in [-0.4, -0.2) is 29.9 Å². The molecule has 1 fully saturated rings. The van der Waals surface area contributed by atoms with E-state index in [1.54, 1.807) is 24.3 Å². The number of hydrogen-bond acceptors (Lipinski definition) is 4. The molecule has 17 heavy (non-hydrogen) atoms. The number of rotatable bonds is 3. The summed E-state index contributed by atoms with van der Waals surface area (Å²) < 4.78 is 5.10. The maximum Gasteiger partial charge on any atom is 0.331 e. The van der Waals surface area contributed by atoms with Crippen molar-refractivity contribution in [3.05, 3.63) is 29.8 Å². The molecular formula is C11H10N2O4. The summed E-state index contributed by atoms with van der Waals surface area (Å²) in [4.78, 5) is 34.5. The van der Waals surface area contributed by atoms with Crippen molar-refractivity contribution in [1.29, 1.82) is 0 Å². The van der Waals surface area contributed by atoms with Crippen molar-refractivity contribution >= 4 is 17.8 Å². The van der Waals surface area contributed by atoms with Gasteiger partial charge in [0.15, 0.2) is 0 Å². The van der Waals surface area contributed by atoms with Crippen molar-refractivity contribution in [3.8, 4) is 5.75 Å². The Hall–Kier alpha value is -2.37. The minimum atomic E-state index is -0.898. The van der Waals surface area contributed by atoms with Gasteiger partial charge >= 0.3 is 17.8 Å². The lowest BCUT2D eigenvalue weighted by molar-refractivity contribution is -0.140. The van der Waals surface area contributed by atoms with E-state index in [0.717, 1.165) is 4.90 Å². The Labute approximate surface area is 97.2 Å². The first-order valence-corrected chi connectivity index (χ1v) is 4.92. The molecule has 1 saturated heterocycles. The quantitative estimate of drug-likeness (QED) is 0.601. The number of amides is 4. The number of benzene rings is 1. The van der Waals surface area contributed by atoms with Gasteiger partial charge in [0.05, 0.1) is 13.7 Å². The second-order valence-electron chi connectivity index (χ2n) is 3.46. The summed E-state index contributed by atoms with van der Waals surface area (Å²) in [5.74, 6) is -1.18. The molecule has 0 atom stereocenters. The summed E-state index contributed by atoms with van der Waals surface area (Å²) in [6, 6.07) is 6.28. The highest BCUT2D eigenvalue weighted by Gasteiger charge is 2.36. The van der Waals surface area contributed by atoms with Crippen LogP contribution in [0.5, 0.6) is 5.75 Å². The molecular weight excluding hydrogens is 224 g/mol. The first-order valence-electron chi connectivity index (χ1n) is 4.92. The Morgan fingerprint density at radius 1 is 1.24 bits per heavy atom. The number of para-hydroxylation sites is 1. The number of carbonyl (C=O) groups is 3. The fourth-order valence-electron chi connectivity index (χ4n) is 1.58. The number of imide groups is 2. The summed E-state index contributed by atoms with van der Waals surface area (Å²) in [6.45, 7) is 0.0143. The third kappa shape index (κ3) is 1.96. The zero-order valence-corrected chi connectivity index (χ0v) is 9.10. The summed E-state index contributed by atoms with van der Waals surface area (Å²) in [5.41, 5.74) is 0.660. The predicted molar refractivity (Wildman–Crippen MR) is 57.1 cm³/mol. The van der Waals surface area contributed by atoms with Gasteiger partial charge in [-0.15, -0.1) is 0 Å². The Bertz CT molecular complexity index is 498. The summed E-state index contributed by atoms with van der Waals surface area (Å²) in [5, 5.41) is 1.93. The van der Waals surface area contributed by atoms with Gasteiger partial charge in [-0.25, -0.2) is 4.79 Å². The highest BCUT2D eigenvalue weighted by molar-refractivity contribution is 6.44. The number of hydrogen-bond donors (Lipinski definition) is 1. The van der Waals surface area contributed by atoms with Gasteiger partial charge in [-0.3, -0.25) is 19.8 Å². The molecule has 6 heteroatoms. The number of ether oxygens (including phenoxy) is 1. The van der Waals surface area contributed by atoms with E-state index < -0.39 is 17.8 Å². The SMILES string of the molecule is COc1ccccc1CN1C(=O)NC(=O)C1=O. The van der Waals surface area contributed by atoms with Gasteiger partial charge in [-0.2, -0.15) is 0 Å². The van der Waals surface area contributed by atoms with Crippen LogP contribution in [0, 0.1) is 0 Å². The number of methoxy groups -OCH3 is 1. The normalized spacial score (nSPS) is 15.1. The molecule has 2 rings (SSSR count). The van der Waals surface area contributed by atoms with E-state index in [0.29, 0.717) is 11.3 Å². The van der Waals surface area contributed by atoms with Crippen LogP contribution in [0.25, 0.3) is 0 Å². The zero-order chi connectivity index (χ0) is 12.4. The van der Waals surface area contributed by atoms with Crippen LogP contribution in [-0.2, 0) is 16.1 Å². The van der Waals surface area contributed by atoms with E-state index in [1.165, 1.54) is 7.11 Å². The van der Waals surface area contributed by atoms with Crippen molar-refractivity contribution < 1.29 is 19.1 Å². The van der Waals surface area contributed by atoms with Crippen molar-refractivity contribution in [2.45, 2.75) is 6.54 Å². The van der Waals surface area contributed by atoms with Gasteiger partial charge in [-0.05, 0) is 6.07 Å². The van der Waals surface area contributed by atoms with Gasteiger partial charge < -0.3 is 4.74 Å². The lowest BCUT2D eigenvalue weighted by Gasteiger charge is -2.13. The standard InChI is InChI=1S/C11H10N2O4/c1-17-8-5-3-2-4-7(8)6-13-10(15)9(14)12-11(13)16/h2-5H,6H2,1H3,(H,12,14,16). The van der Waals surface area contributed by atoms with E-state index in [4.69, 9.17) is 4.74 Å². The minimum Gasteiger partial charge on any atom is -0.496 e. The predicted octanol–water partition coefficient (Wildman–Crippen LogP) is 0.274. The first kappa shape index (κ1) is 11.1. The molecule has 1 aliphatic heterocycles. The summed E-state index contributed by atoms with van der Waals surface area (Å²) in [7, 11) is 1.50. The third-order valence-electron chi connectivity index (χ3n) is 2.43. The fraction of sp³-hybridized carbons (Fsp3) is 0.182. The van der Waals surface area contributed by atoms with Crippen molar-refractivity contribution in [2.75, 3.05) is 7.11 Å². The van der Waals surface area contributed by atoms with E-state index in [-0.39, 0.29) is 6.54 Å². The molecule has 6 nitrogen and oxygen atoms in total. The van der Waals surface area contributed by atoms with Crippen molar-refractivity contribution in [3.63, 3.8) is 0 Å². The first-order chi connectivity index (χ1) is 8.13. The largest absolute Gasteiger partial charge is 0.496 e. The number of carbonyl (C=O) groups excluding carboxylic acids is 3. The Morgan fingerprint density at radius 2 is 1.94 bits per heavy atom. The topological polar surface area (TPSA) is 75.7 Å². The minimum absolute atomic E-state index is 0.0143. The maximum absolute atomic E-state index is 11.4. The van der Waals surface area contributed by atoms with Crippen molar-refractivity contribution in [1.82, 2.24) is 10.2 Å². The second-order valence-corrected chi connectivity index (χ2v) is 3.46. The van der Waals surface area contributed by atoms with Gasteiger partial charge in [-0.1, -0.05) is 18.2 Å². The van der Waals surface area contributed by atoms with Gasteiger partial charge in [0.2, 0.25) is 0 Å². The molecule has 0 radical (unpaired) electrons. The lowest BCUT2D eigenvalue weighted by atomic mass is 10.2. The molecule has 0 aliphatic carbocycles. The Morgan fingerprint density at radius 3 is 2.53 bits per heavy atom. The van der Waals surface area contributed by atoms with Crippen LogP contribution in [0.15, 0.2) is 24.3 Å². The van der Waals surface area contributed by atoms with Crippen LogP contribution in [0.1, 0.15) is 5.56 Å². The number of nitrogens with one attached hydrogen (secondary N) is 1. The van der Waals surface area contributed by atoms with E-state index in [1.807, 2.05) is 5.32 Å². The molecule has 1 heterocycles.